The van der Waals surface area contributed by atoms with Crippen LogP contribution in [0.1, 0.15) is 15.9 Å². The second-order valence-electron chi connectivity index (χ2n) is 5.71. The standard InChI is InChI=1S/C11H11BrClNO5.C7H6O2/c12-6-11(18-5-8(4-15)19-11)9-2-1-7(14(16)17)3-10(9)13;8-7(9)6-4-2-1-3-5-6/h1-3,8,15H,4-6H2;1-5H,(H,8,9). The Hall–Kier alpha value is -2.04. The summed E-state index contributed by atoms with van der Waals surface area (Å²) < 4.78 is 11.2. The lowest BCUT2D eigenvalue weighted by molar-refractivity contribution is -0.384. The number of nitrogens with zero attached hydrogens (tertiary/aromatic N) is 1. The van der Waals surface area contributed by atoms with Crippen LogP contribution in [-0.4, -0.2) is 45.8 Å². The topological polar surface area (TPSA) is 119 Å². The first-order chi connectivity index (χ1) is 13.3. The Balaban J connectivity index is 0.000000261. The van der Waals surface area contributed by atoms with E-state index < -0.39 is 22.8 Å². The first-order valence-corrected chi connectivity index (χ1v) is 9.54. The lowest BCUT2D eigenvalue weighted by Gasteiger charge is -2.27. The van der Waals surface area contributed by atoms with Crippen molar-refractivity contribution in [1.82, 2.24) is 0 Å². The maximum atomic E-state index is 10.7. The minimum Gasteiger partial charge on any atom is -0.478 e. The zero-order valence-corrected chi connectivity index (χ0v) is 16.8. The third-order valence-electron chi connectivity index (χ3n) is 3.83. The molecule has 1 saturated heterocycles. The normalized spacial score (nSPS) is 20.9. The zero-order chi connectivity index (χ0) is 20.7. The maximum Gasteiger partial charge on any atom is 0.335 e. The second kappa shape index (κ2) is 9.94. The van der Waals surface area contributed by atoms with Crippen LogP contribution in [0.15, 0.2) is 48.5 Å². The Labute approximate surface area is 173 Å². The molecule has 1 heterocycles. The summed E-state index contributed by atoms with van der Waals surface area (Å²) in [7, 11) is 0. The van der Waals surface area contributed by atoms with Crippen molar-refractivity contribution in [2.75, 3.05) is 18.5 Å². The van der Waals surface area contributed by atoms with E-state index in [1.165, 1.54) is 18.2 Å². The highest BCUT2D eigenvalue weighted by Gasteiger charge is 2.43. The number of alkyl halides is 1. The van der Waals surface area contributed by atoms with Gasteiger partial charge in [0.2, 0.25) is 5.79 Å². The van der Waals surface area contributed by atoms with E-state index in [0.717, 1.165) is 0 Å². The molecule has 1 fully saturated rings. The van der Waals surface area contributed by atoms with E-state index in [0.29, 0.717) is 16.5 Å². The molecule has 3 rings (SSSR count). The number of rotatable bonds is 5. The van der Waals surface area contributed by atoms with Crippen molar-refractivity contribution >= 4 is 39.2 Å². The molecule has 150 valence electrons. The quantitative estimate of drug-likeness (QED) is 0.386. The van der Waals surface area contributed by atoms with Gasteiger partial charge in [-0.2, -0.15) is 0 Å². The Morgan fingerprint density at radius 2 is 2.00 bits per heavy atom. The molecular weight excluding hydrogens is 458 g/mol. The number of aliphatic hydroxyl groups excluding tert-OH is 1. The number of ether oxygens (including phenoxy) is 2. The molecule has 0 spiro atoms. The van der Waals surface area contributed by atoms with Crippen LogP contribution in [0, 0.1) is 10.1 Å². The van der Waals surface area contributed by atoms with Gasteiger partial charge in [-0.15, -0.1) is 0 Å². The van der Waals surface area contributed by atoms with Gasteiger partial charge in [0.05, 0.1) is 34.1 Å². The Kier molecular flexibility index (Phi) is 7.90. The van der Waals surface area contributed by atoms with Crippen molar-refractivity contribution in [3.8, 4) is 0 Å². The van der Waals surface area contributed by atoms with Crippen molar-refractivity contribution < 1.29 is 29.4 Å². The molecule has 0 saturated carbocycles. The van der Waals surface area contributed by atoms with Crippen molar-refractivity contribution in [2.45, 2.75) is 11.9 Å². The minimum absolute atomic E-state index is 0.102. The van der Waals surface area contributed by atoms with E-state index >= 15 is 0 Å². The second-order valence-corrected chi connectivity index (χ2v) is 6.68. The van der Waals surface area contributed by atoms with Gasteiger partial charge in [0.25, 0.3) is 5.69 Å². The van der Waals surface area contributed by atoms with Crippen LogP contribution in [0.25, 0.3) is 0 Å². The van der Waals surface area contributed by atoms with Crippen LogP contribution >= 0.6 is 27.5 Å². The van der Waals surface area contributed by atoms with Crippen molar-refractivity contribution in [3.63, 3.8) is 0 Å². The van der Waals surface area contributed by atoms with E-state index in [1.807, 2.05) is 0 Å². The number of carboxylic acid groups (broad SMARTS) is 1. The average Bonchev–Trinajstić information content (AvgIpc) is 3.13. The van der Waals surface area contributed by atoms with Crippen LogP contribution in [0.4, 0.5) is 5.69 Å². The number of aliphatic hydroxyl groups is 1. The average molecular weight is 475 g/mol. The fraction of sp³-hybridized carbons (Fsp3) is 0.278. The van der Waals surface area contributed by atoms with E-state index in [1.54, 1.807) is 30.3 Å². The first-order valence-electron chi connectivity index (χ1n) is 8.04. The molecule has 0 bridgehead atoms. The number of carboxylic acids is 1. The third-order valence-corrected chi connectivity index (χ3v) is 4.88. The number of aromatic carboxylic acids is 1. The van der Waals surface area contributed by atoms with Gasteiger partial charge in [-0.3, -0.25) is 10.1 Å². The molecule has 0 amide bonds. The molecule has 2 unspecified atom stereocenters. The van der Waals surface area contributed by atoms with Gasteiger partial charge >= 0.3 is 5.97 Å². The largest absolute Gasteiger partial charge is 0.478 e. The number of nitro groups is 1. The highest BCUT2D eigenvalue weighted by molar-refractivity contribution is 9.09. The predicted octanol–water partition coefficient (Wildman–Crippen LogP) is 3.59. The molecule has 0 aromatic heterocycles. The van der Waals surface area contributed by atoms with Crippen LogP contribution in [-0.2, 0) is 15.3 Å². The number of hydrogen-bond donors (Lipinski definition) is 2. The van der Waals surface area contributed by atoms with E-state index in [4.69, 9.17) is 31.3 Å². The minimum atomic E-state index is -1.13. The molecule has 0 aliphatic carbocycles. The molecule has 0 radical (unpaired) electrons. The fourth-order valence-corrected chi connectivity index (χ4v) is 3.36. The highest BCUT2D eigenvalue weighted by atomic mass is 79.9. The van der Waals surface area contributed by atoms with Gasteiger partial charge in [-0.25, -0.2) is 4.79 Å². The summed E-state index contributed by atoms with van der Waals surface area (Å²) in [6, 6.07) is 12.4. The molecule has 8 nitrogen and oxygen atoms in total. The number of carbonyl (C=O) groups is 1. The van der Waals surface area contributed by atoms with Gasteiger partial charge in [0.1, 0.15) is 6.10 Å². The Morgan fingerprint density at radius 1 is 1.32 bits per heavy atom. The number of halogens is 2. The highest BCUT2D eigenvalue weighted by Crippen LogP contribution is 2.40. The number of non-ortho nitro benzene ring substituents is 1. The smallest absolute Gasteiger partial charge is 0.335 e. The van der Waals surface area contributed by atoms with E-state index in [2.05, 4.69) is 15.9 Å². The molecular formula is C18H17BrClNO7. The summed E-state index contributed by atoms with van der Waals surface area (Å²) in [4.78, 5) is 20.4. The molecule has 2 atom stereocenters. The number of hydrogen-bond acceptors (Lipinski definition) is 6. The Morgan fingerprint density at radius 3 is 2.43 bits per heavy atom. The Bertz CT molecular complexity index is 836. The molecule has 2 N–H and O–H groups in total. The molecule has 10 heteroatoms. The van der Waals surface area contributed by atoms with Gasteiger partial charge in [0.15, 0.2) is 0 Å². The SMILES string of the molecule is O=C(O)c1ccccc1.O=[N+]([O-])c1ccc(C2(CBr)OCC(CO)O2)c(Cl)c1. The lowest BCUT2D eigenvalue weighted by Crippen LogP contribution is -2.31. The predicted molar refractivity (Wildman–Crippen MR) is 105 cm³/mol. The molecule has 2 aromatic rings. The summed E-state index contributed by atoms with van der Waals surface area (Å²) in [6.07, 6.45) is -0.441. The van der Waals surface area contributed by atoms with Crippen molar-refractivity contribution in [1.29, 1.82) is 0 Å². The van der Waals surface area contributed by atoms with Crippen LogP contribution in [0.2, 0.25) is 5.02 Å². The molecule has 1 aliphatic rings. The number of benzene rings is 2. The van der Waals surface area contributed by atoms with Crippen molar-refractivity contribution in [2.24, 2.45) is 0 Å². The van der Waals surface area contributed by atoms with Gasteiger partial charge in [-0.1, -0.05) is 45.7 Å². The summed E-state index contributed by atoms with van der Waals surface area (Å²) in [5.74, 6) is -2.00. The van der Waals surface area contributed by atoms with E-state index in [-0.39, 0.29) is 23.9 Å². The monoisotopic (exact) mass is 473 g/mol. The van der Waals surface area contributed by atoms with Crippen LogP contribution < -0.4 is 0 Å². The summed E-state index contributed by atoms with van der Waals surface area (Å²) in [6.45, 7) is 0.0643. The summed E-state index contributed by atoms with van der Waals surface area (Å²) >= 11 is 9.35. The van der Waals surface area contributed by atoms with Gasteiger partial charge < -0.3 is 19.7 Å². The molecule has 1 aliphatic heterocycles. The third kappa shape index (κ3) is 5.27. The van der Waals surface area contributed by atoms with Crippen molar-refractivity contribution in [3.05, 3.63) is 74.8 Å². The maximum absolute atomic E-state index is 10.7. The summed E-state index contributed by atoms with van der Waals surface area (Å²) in [5.41, 5.74) is 0.722. The zero-order valence-electron chi connectivity index (χ0n) is 14.5. The van der Waals surface area contributed by atoms with Gasteiger partial charge in [0, 0.05) is 17.7 Å². The number of nitro benzene ring substituents is 1. The molecule has 28 heavy (non-hydrogen) atoms. The first kappa shape index (κ1) is 22.3. The lowest BCUT2D eigenvalue weighted by atomic mass is 10.1. The molecule has 2 aromatic carbocycles. The van der Waals surface area contributed by atoms with Crippen LogP contribution in [0.5, 0.6) is 0 Å². The fourth-order valence-electron chi connectivity index (χ4n) is 2.45. The van der Waals surface area contributed by atoms with Gasteiger partial charge in [-0.05, 0) is 18.2 Å². The van der Waals surface area contributed by atoms with E-state index in [9.17, 15) is 14.9 Å². The summed E-state index contributed by atoms with van der Waals surface area (Å²) in [5, 5.41) is 28.6. The van der Waals surface area contributed by atoms with Crippen LogP contribution in [0.3, 0.4) is 0 Å².